The highest BCUT2D eigenvalue weighted by molar-refractivity contribution is 6.36. The molecule has 0 saturated heterocycles. The molecule has 4 aromatic rings. The molecule has 9 heteroatoms. The van der Waals surface area contributed by atoms with Crippen LogP contribution >= 0.6 is 23.2 Å². The minimum atomic E-state index is -0.435. The van der Waals surface area contributed by atoms with E-state index in [1.165, 1.54) is 11.6 Å². The van der Waals surface area contributed by atoms with E-state index in [4.69, 9.17) is 23.2 Å². The average Bonchev–Trinajstić information content (AvgIpc) is 3.13. The topological polar surface area (TPSA) is 65.1 Å². The second-order valence-electron chi connectivity index (χ2n) is 7.42. The minimum Gasteiger partial charge on any atom is -0.341 e. The Morgan fingerprint density at radius 3 is 2.23 bits per heavy atom. The van der Waals surface area contributed by atoms with Crippen LogP contribution in [0.15, 0.2) is 58.1 Å². The van der Waals surface area contributed by atoms with Gasteiger partial charge in [-0.25, -0.2) is 4.79 Å². The number of aromatic nitrogens is 4. The maximum absolute atomic E-state index is 13.1. The zero-order valence-corrected chi connectivity index (χ0v) is 18.9. The third-order valence-corrected chi connectivity index (χ3v) is 6.02. The van der Waals surface area contributed by atoms with Gasteiger partial charge >= 0.3 is 5.69 Å². The van der Waals surface area contributed by atoms with Crippen molar-refractivity contribution in [2.24, 2.45) is 14.1 Å². The van der Waals surface area contributed by atoms with Crippen molar-refractivity contribution in [1.29, 1.82) is 0 Å². The van der Waals surface area contributed by atoms with Crippen LogP contribution in [0.5, 0.6) is 0 Å². The lowest BCUT2D eigenvalue weighted by atomic mass is 10.2. The highest BCUT2D eigenvalue weighted by Crippen LogP contribution is 2.29. The lowest BCUT2D eigenvalue weighted by molar-refractivity contribution is 0.701. The first-order valence-electron chi connectivity index (χ1n) is 9.63. The zero-order chi connectivity index (χ0) is 22.3. The third kappa shape index (κ3) is 3.75. The van der Waals surface area contributed by atoms with Gasteiger partial charge in [0.05, 0.1) is 6.54 Å². The van der Waals surface area contributed by atoms with Crippen LogP contribution < -0.4 is 16.1 Å². The van der Waals surface area contributed by atoms with Crippen LogP contribution in [0.3, 0.4) is 0 Å². The summed E-state index contributed by atoms with van der Waals surface area (Å²) in [6, 6.07) is 15.2. The van der Waals surface area contributed by atoms with Gasteiger partial charge in [0, 0.05) is 43.3 Å². The van der Waals surface area contributed by atoms with Crippen molar-refractivity contribution in [3.63, 3.8) is 0 Å². The molecule has 0 fully saturated rings. The van der Waals surface area contributed by atoms with E-state index in [2.05, 4.69) is 4.98 Å². The molecule has 2 aromatic heterocycles. The highest BCUT2D eigenvalue weighted by Gasteiger charge is 2.22. The van der Waals surface area contributed by atoms with Gasteiger partial charge in [0.25, 0.3) is 5.56 Å². The summed E-state index contributed by atoms with van der Waals surface area (Å²) in [6.07, 6.45) is 0. The molecular weight excluding hydrogens is 437 g/mol. The summed E-state index contributed by atoms with van der Waals surface area (Å²) in [7, 11) is 4.95. The van der Waals surface area contributed by atoms with Gasteiger partial charge < -0.3 is 4.90 Å². The molecule has 0 saturated carbocycles. The van der Waals surface area contributed by atoms with E-state index in [1.807, 2.05) is 42.3 Å². The standard InChI is InChI=1S/C22H21Cl2N5O2/c1-26(12-14-8-5-4-6-9-14)21-25-19-18(20(30)28(3)22(31)27(19)2)29(21)13-15-16(23)10-7-11-17(15)24/h4-11H,12-13H2,1-3H3. The molecule has 0 radical (unpaired) electrons. The lowest BCUT2D eigenvalue weighted by Crippen LogP contribution is -2.37. The molecule has 0 unspecified atom stereocenters. The van der Waals surface area contributed by atoms with Crippen LogP contribution in [0.4, 0.5) is 5.95 Å². The second kappa shape index (κ2) is 8.24. The predicted molar refractivity (Wildman–Crippen MR) is 124 cm³/mol. The number of nitrogens with zero attached hydrogens (tertiary/aromatic N) is 5. The summed E-state index contributed by atoms with van der Waals surface area (Å²) in [5.74, 6) is 0.535. The third-order valence-electron chi connectivity index (χ3n) is 5.31. The molecule has 0 bridgehead atoms. The van der Waals surface area contributed by atoms with Crippen molar-refractivity contribution in [2.75, 3.05) is 11.9 Å². The predicted octanol–water partition coefficient (Wildman–Crippen LogP) is 3.43. The molecule has 0 aliphatic rings. The number of benzene rings is 2. The van der Waals surface area contributed by atoms with Crippen LogP contribution in [-0.2, 0) is 27.2 Å². The molecule has 2 aromatic carbocycles. The van der Waals surface area contributed by atoms with E-state index in [1.54, 1.807) is 29.8 Å². The summed E-state index contributed by atoms with van der Waals surface area (Å²) in [6.45, 7) is 0.797. The van der Waals surface area contributed by atoms with E-state index in [9.17, 15) is 9.59 Å². The van der Waals surface area contributed by atoms with Crippen LogP contribution in [0.25, 0.3) is 11.2 Å². The number of anilines is 1. The summed E-state index contributed by atoms with van der Waals surface area (Å²) in [5.41, 5.74) is 1.53. The average molecular weight is 458 g/mol. The molecule has 0 aliphatic carbocycles. The smallest absolute Gasteiger partial charge is 0.332 e. The van der Waals surface area contributed by atoms with Gasteiger partial charge in [0.15, 0.2) is 11.2 Å². The number of imidazole rings is 1. The Hall–Kier alpha value is -3.03. The zero-order valence-electron chi connectivity index (χ0n) is 17.3. The van der Waals surface area contributed by atoms with Crippen molar-refractivity contribution in [2.45, 2.75) is 13.1 Å². The Morgan fingerprint density at radius 2 is 1.58 bits per heavy atom. The van der Waals surface area contributed by atoms with Gasteiger partial charge in [0.1, 0.15) is 0 Å². The fourth-order valence-corrected chi connectivity index (χ4v) is 4.16. The van der Waals surface area contributed by atoms with Gasteiger partial charge in [-0.05, 0) is 17.7 Å². The number of hydrogen-bond donors (Lipinski definition) is 0. The molecule has 2 heterocycles. The highest BCUT2D eigenvalue weighted by atomic mass is 35.5. The maximum Gasteiger partial charge on any atom is 0.332 e. The lowest BCUT2D eigenvalue weighted by Gasteiger charge is -2.20. The Balaban J connectivity index is 1.95. The van der Waals surface area contributed by atoms with Crippen molar-refractivity contribution < 1.29 is 0 Å². The van der Waals surface area contributed by atoms with Gasteiger partial charge in [-0.2, -0.15) is 4.98 Å². The molecule has 0 spiro atoms. The molecular formula is C22H21Cl2N5O2. The summed E-state index contributed by atoms with van der Waals surface area (Å²) in [4.78, 5) is 32.2. The van der Waals surface area contributed by atoms with Crippen molar-refractivity contribution >= 4 is 40.3 Å². The first-order chi connectivity index (χ1) is 14.8. The summed E-state index contributed by atoms with van der Waals surface area (Å²) < 4.78 is 4.23. The van der Waals surface area contributed by atoms with Gasteiger partial charge in [-0.1, -0.05) is 59.6 Å². The first-order valence-corrected chi connectivity index (χ1v) is 10.4. The van der Waals surface area contributed by atoms with Crippen LogP contribution in [0.1, 0.15) is 11.1 Å². The van der Waals surface area contributed by atoms with E-state index < -0.39 is 11.2 Å². The monoisotopic (exact) mass is 457 g/mol. The van der Waals surface area contributed by atoms with E-state index >= 15 is 0 Å². The van der Waals surface area contributed by atoms with E-state index in [-0.39, 0.29) is 6.54 Å². The summed E-state index contributed by atoms with van der Waals surface area (Å²) >= 11 is 12.8. The van der Waals surface area contributed by atoms with Crippen molar-refractivity contribution in [3.8, 4) is 0 Å². The Bertz CT molecular complexity index is 1370. The fourth-order valence-electron chi connectivity index (χ4n) is 3.65. The van der Waals surface area contributed by atoms with Crippen molar-refractivity contribution in [3.05, 3.63) is 90.5 Å². The summed E-state index contributed by atoms with van der Waals surface area (Å²) in [5, 5.41) is 0.986. The Morgan fingerprint density at radius 1 is 0.935 bits per heavy atom. The van der Waals surface area contributed by atoms with Crippen LogP contribution in [0, 0.1) is 0 Å². The van der Waals surface area contributed by atoms with E-state index in [0.717, 1.165) is 10.1 Å². The van der Waals surface area contributed by atoms with E-state index in [0.29, 0.717) is 39.3 Å². The first kappa shape index (κ1) is 21.2. The Labute approximate surface area is 188 Å². The quantitative estimate of drug-likeness (QED) is 0.460. The molecule has 0 amide bonds. The molecule has 31 heavy (non-hydrogen) atoms. The molecule has 7 nitrogen and oxygen atoms in total. The molecule has 160 valence electrons. The van der Waals surface area contributed by atoms with Crippen molar-refractivity contribution in [1.82, 2.24) is 18.7 Å². The maximum atomic E-state index is 13.1. The molecule has 0 atom stereocenters. The Kier molecular flexibility index (Phi) is 5.64. The van der Waals surface area contributed by atoms with Gasteiger partial charge in [-0.3, -0.25) is 18.5 Å². The molecule has 0 aliphatic heterocycles. The number of fused-ring (bicyclic) bond motifs is 1. The number of halogens is 2. The number of rotatable bonds is 5. The fraction of sp³-hybridized carbons (Fsp3) is 0.227. The normalized spacial score (nSPS) is 11.3. The minimum absolute atomic E-state index is 0.233. The van der Waals surface area contributed by atoms with Crippen LogP contribution in [-0.4, -0.2) is 25.7 Å². The van der Waals surface area contributed by atoms with Gasteiger partial charge in [0.2, 0.25) is 5.95 Å². The number of hydrogen-bond acceptors (Lipinski definition) is 4. The van der Waals surface area contributed by atoms with Gasteiger partial charge in [-0.15, -0.1) is 0 Å². The number of aryl methyl sites for hydroxylation is 1. The molecule has 0 N–H and O–H groups in total. The molecule has 4 rings (SSSR count). The second-order valence-corrected chi connectivity index (χ2v) is 8.23. The SMILES string of the molecule is CN(Cc1ccccc1)c1nc2c(c(=O)n(C)c(=O)n2C)n1Cc1c(Cl)cccc1Cl. The largest absolute Gasteiger partial charge is 0.341 e. The van der Waals surface area contributed by atoms with Crippen LogP contribution in [0.2, 0.25) is 10.0 Å².